The molecule has 5 nitrogen and oxygen atoms in total. The summed E-state index contributed by atoms with van der Waals surface area (Å²) in [5.41, 5.74) is 0.457. The highest BCUT2D eigenvalue weighted by Gasteiger charge is 2.43. The van der Waals surface area contributed by atoms with Gasteiger partial charge in [-0.1, -0.05) is 18.2 Å². The standard InChI is InChI=1S/C24H27FN2O3.ClH/c25-18-5-3-4-17(12-18)24(28)27-19-8-9-20(27)11-16(10-19)13-26-14-21-15-29-22-6-1-2-7-23(22)30-21;/h1-7,12,16,19-21,26H,8-11,13-15H2;1H. The van der Waals surface area contributed by atoms with Crippen molar-refractivity contribution >= 4 is 18.3 Å². The van der Waals surface area contributed by atoms with E-state index < -0.39 is 0 Å². The van der Waals surface area contributed by atoms with Crippen LogP contribution in [0.1, 0.15) is 36.0 Å². The van der Waals surface area contributed by atoms with E-state index in [0.717, 1.165) is 50.3 Å². The molecular formula is C24H28ClFN2O3. The fourth-order valence-corrected chi connectivity index (χ4v) is 5.17. The van der Waals surface area contributed by atoms with Crippen molar-refractivity contribution in [2.24, 2.45) is 5.92 Å². The molecule has 2 aromatic carbocycles. The minimum absolute atomic E-state index is 0. The zero-order valence-electron chi connectivity index (χ0n) is 17.3. The summed E-state index contributed by atoms with van der Waals surface area (Å²) in [6, 6.07) is 14.3. The molecule has 0 aromatic heterocycles. The third-order valence-corrected chi connectivity index (χ3v) is 6.51. The van der Waals surface area contributed by atoms with E-state index >= 15 is 0 Å². The van der Waals surface area contributed by atoms with Crippen LogP contribution in [0.3, 0.4) is 0 Å². The van der Waals surface area contributed by atoms with Gasteiger partial charge in [0, 0.05) is 24.2 Å². The maximum absolute atomic E-state index is 13.5. The van der Waals surface area contributed by atoms with Crippen molar-refractivity contribution < 1.29 is 18.7 Å². The number of para-hydroxylation sites is 2. The summed E-state index contributed by atoms with van der Waals surface area (Å²) in [6.45, 7) is 2.21. The van der Waals surface area contributed by atoms with Crippen LogP contribution in [-0.2, 0) is 0 Å². The number of carbonyl (C=O) groups is 1. The number of nitrogens with zero attached hydrogens (tertiary/aromatic N) is 1. The summed E-state index contributed by atoms with van der Waals surface area (Å²) >= 11 is 0. The Balaban J connectivity index is 0.00000231. The summed E-state index contributed by atoms with van der Waals surface area (Å²) in [5.74, 6) is 1.76. The van der Waals surface area contributed by atoms with Crippen molar-refractivity contribution in [1.29, 1.82) is 0 Å². The van der Waals surface area contributed by atoms with Crippen LogP contribution < -0.4 is 14.8 Å². The Kier molecular flexibility index (Phi) is 6.68. The molecule has 3 unspecified atom stereocenters. The Hall–Kier alpha value is -2.31. The number of hydrogen-bond donors (Lipinski definition) is 1. The molecule has 166 valence electrons. The third kappa shape index (κ3) is 4.65. The van der Waals surface area contributed by atoms with Gasteiger partial charge in [0.1, 0.15) is 18.5 Å². The second kappa shape index (κ2) is 9.45. The minimum atomic E-state index is -0.358. The van der Waals surface area contributed by atoms with Crippen LogP contribution in [0.5, 0.6) is 11.5 Å². The smallest absolute Gasteiger partial charge is 0.254 e. The van der Waals surface area contributed by atoms with Gasteiger partial charge < -0.3 is 19.7 Å². The average molecular weight is 447 g/mol. The molecule has 5 rings (SSSR count). The zero-order valence-corrected chi connectivity index (χ0v) is 18.2. The summed E-state index contributed by atoms with van der Waals surface area (Å²) in [5, 5.41) is 3.55. The lowest BCUT2D eigenvalue weighted by molar-refractivity contribution is 0.0514. The van der Waals surface area contributed by atoms with E-state index in [2.05, 4.69) is 5.32 Å². The van der Waals surface area contributed by atoms with Crippen LogP contribution in [-0.4, -0.2) is 48.7 Å². The Morgan fingerprint density at radius 2 is 1.77 bits per heavy atom. The summed E-state index contributed by atoms with van der Waals surface area (Å²) < 4.78 is 25.3. The number of amides is 1. The normalized spacial score (nSPS) is 26.3. The van der Waals surface area contributed by atoms with Crippen molar-refractivity contribution in [2.45, 2.75) is 43.9 Å². The number of rotatable bonds is 5. The predicted molar refractivity (Wildman–Crippen MR) is 119 cm³/mol. The minimum Gasteiger partial charge on any atom is -0.486 e. The molecule has 31 heavy (non-hydrogen) atoms. The second-order valence-electron chi connectivity index (χ2n) is 8.60. The van der Waals surface area contributed by atoms with Gasteiger partial charge in [-0.05, 0) is 68.5 Å². The predicted octanol–water partition coefficient (Wildman–Crippen LogP) is 4.06. The van der Waals surface area contributed by atoms with Crippen molar-refractivity contribution in [2.75, 3.05) is 19.7 Å². The van der Waals surface area contributed by atoms with Gasteiger partial charge in [-0.3, -0.25) is 4.79 Å². The average Bonchev–Trinajstić information content (AvgIpc) is 3.03. The molecule has 0 saturated carbocycles. The van der Waals surface area contributed by atoms with E-state index in [-0.39, 0.29) is 42.3 Å². The Morgan fingerprint density at radius 1 is 1.03 bits per heavy atom. The summed E-state index contributed by atoms with van der Waals surface area (Å²) in [7, 11) is 0. The number of piperidine rings is 1. The van der Waals surface area contributed by atoms with Gasteiger partial charge in [0.25, 0.3) is 5.91 Å². The van der Waals surface area contributed by atoms with Crippen molar-refractivity contribution in [3.8, 4) is 11.5 Å². The van der Waals surface area contributed by atoms with Gasteiger partial charge >= 0.3 is 0 Å². The lowest BCUT2D eigenvalue weighted by atomic mass is 9.90. The first kappa shape index (κ1) is 21.9. The highest BCUT2D eigenvalue weighted by molar-refractivity contribution is 5.95. The molecule has 1 N–H and O–H groups in total. The van der Waals surface area contributed by atoms with Gasteiger partial charge in [-0.2, -0.15) is 0 Å². The monoisotopic (exact) mass is 446 g/mol. The molecule has 0 radical (unpaired) electrons. The van der Waals surface area contributed by atoms with Crippen molar-refractivity contribution in [1.82, 2.24) is 10.2 Å². The van der Waals surface area contributed by atoms with Gasteiger partial charge in [-0.25, -0.2) is 4.39 Å². The summed E-state index contributed by atoms with van der Waals surface area (Å²) in [4.78, 5) is 15.0. The fraction of sp³-hybridized carbons (Fsp3) is 0.458. The second-order valence-corrected chi connectivity index (χ2v) is 8.60. The molecule has 3 heterocycles. The molecule has 3 atom stereocenters. The van der Waals surface area contributed by atoms with E-state index in [0.29, 0.717) is 18.1 Å². The van der Waals surface area contributed by atoms with Gasteiger partial charge in [0.2, 0.25) is 0 Å². The lowest BCUT2D eigenvalue weighted by Crippen LogP contribution is -2.48. The highest BCUT2D eigenvalue weighted by Crippen LogP contribution is 2.39. The first-order valence-corrected chi connectivity index (χ1v) is 10.8. The quantitative estimate of drug-likeness (QED) is 0.752. The Bertz CT molecular complexity index is 913. The highest BCUT2D eigenvalue weighted by atomic mass is 35.5. The number of hydrogen-bond acceptors (Lipinski definition) is 4. The van der Waals surface area contributed by atoms with Crippen LogP contribution >= 0.6 is 12.4 Å². The molecule has 2 aromatic rings. The van der Waals surface area contributed by atoms with E-state index in [4.69, 9.17) is 9.47 Å². The molecule has 1 amide bonds. The number of carbonyl (C=O) groups excluding carboxylic acids is 1. The van der Waals surface area contributed by atoms with Crippen LogP contribution in [0.2, 0.25) is 0 Å². The van der Waals surface area contributed by atoms with E-state index in [1.807, 2.05) is 29.2 Å². The molecule has 0 aliphatic carbocycles. The first-order valence-electron chi connectivity index (χ1n) is 10.8. The van der Waals surface area contributed by atoms with Crippen LogP contribution in [0.25, 0.3) is 0 Å². The number of ether oxygens (including phenoxy) is 2. The maximum Gasteiger partial charge on any atom is 0.254 e. The van der Waals surface area contributed by atoms with E-state index in [1.165, 1.54) is 12.1 Å². The first-order chi connectivity index (χ1) is 14.7. The summed E-state index contributed by atoms with van der Waals surface area (Å²) in [6.07, 6.45) is 4.08. The van der Waals surface area contributed by atoms with Crippen molar-refractivity contribution in [3.63, 3.8) is 0 Å². The van der Waals surface area contributed by atoms with Gasteiger partial charge in [0.05, 0.1) is 0 Å². The molecule has 7 heteroatoms. The third-order valence-electron chi connectivity index (χ3n) is 6.51. The molecule has 0 spiro atoms. The SMILES string of the molecule is Cl.O=C(c1cccc(F)c1)N1C2CCC1CC(CNCC1COc3ccccc3O1)C2. The van der Waals surface area contributed by atoms with Crippen LogP contribution in [0, 0.1) is 11.7 Å². The molecule has 2 saturated heterocycles. The topological polar surface area (TPSA) is 50.8 Å². The Morgan fingerprint density at radius 3 is 2.52 bits per heavy atom. The largest absolute Gasteiger partial charge is 0.486 e. The maximum atomic E-state index is 13.5. The molecule has 2 bridgehead atoms. The molecule has 3 aliphatic heterocycles. The number of halogens is 2. The van der Waals surface area contributed by atoms with Crippen LogP contribution in [0.15, 0.2) is 48.5 Å². The molecule has 2 fully saturated rings. The number of benzene rings is 2. The van der Waals surface area contributed by atoms with E-state index in [9.17, 15) is 9.18 Å². The fourth-order valence-electron chi connectivity index (χ4n) is 5.17. The molecule has 3 aliphatic rings. The van der Waals surface area contributed by atoms with Gasteiger partial charge in [0.15, 0.2) is 11.5 Å². The Labute approximate surface area is 188 Å². The number of nitrogens with one attached hydrogen (secondary N) is 1. The van der Waals surface area contributed by atoms with Crippen LogP contribution in [0.4, 0.5) is 4.39 Å². The van der Waals surface area contributed by atoms with E-state index in [1.54, 1.807) is 12.1 Å². The molecular weight excluding hydrogens is 419 g/mol. The van der Waals surface area contributed by atoms with Crippen molar-refractivity contribution in [3.05, 3.63) is 59.9 Å². The lowest BCUT2D eigenvalue weighted by Gasteiger charge is -2.39. The van der Waals surface area contributed by atoms with Gasteiger partial charge in [-0.15, -0.1) is 12.4 Å². The number of fused-ring (bicyclic) bond motifs is 3. The zero-order chi connectivity index (χ0) is 20.5.